The van der Waals surface area contributed by atoms with Crippen molar-refractivity contribution in [1.82, 2.24) is 15.5 Å². The molecule has 1 fully saturated rings. The van der Waals surface area contributed by atoms with Crippen LogP contribution >= 0.6 is 0 Å². The summed E-state index contributed by atoms with van der Waals surface area (Å²) in [5.41, 5.74) is -1.06. The van der Waals surface area contributed by atoms with E-state index in [9.17, 15) is 19.2 Å². The monoisotopic (exact) mass is 413 g/mol. The van der Waals surface area contributed by atoms with Crippen molar-refractivity contribution in [2.75, 3.05) is 26.7 Å². The van der Waals surface area contributed by atoms with Crippen LogP contribution in [-0.4, -0.2) is 67.2 Å². The molecule has 9 heteroatoms. The lowest BCUT2D eigenvalue weighted by atomic mass is 9.68. The van der Waals surface area contributed by atoms with Crippen molar-refractivity contribution in [3.05, 3.63) is 0 Å². The van der Waals surface area contributed by atoms with Gasteiger partial charge in [-0.05, 0) is 51.9 Å². The SMILES string of the molecule is CCC1(CC)CCCN(C(=O)CNC(=O)OC(C)(C)C)[C@@H]1C(=O)NCC(=O)OC. The molecule has 0 saturated carbocycles. The minimum Gasteiger partial charge on any atom is -0.468 e. The summed E-state index contributed by atoms with van der Waals surface area (Å²) in [5, 5.41) is 5.05. The first-order chi connectivity index (χ1) is 13.5. The maximum Gasteiger partial charge on any atom is 0.408 e. The summed E-state index contributed by atoms with van der Waals surface area (Å²) in [6, 6.07) is -0.719. The fourth-order valence-electron chi connectivity index (χ4n) is 3.77. The molecule has 1 rings (SSSR count). The highest BCUT2D eigenvalue weighted by Gasteiger charge is 2.47. The first-order valence-electron chi connectivity index (χ1n) is 10.1. The largest absolute Gasteiger partial charge is 0.468 e. The number of carbonyl (C=O) groups is 4. The van der Waals surface area contributed by atoms with Crippen molar-refractivity contribution < 1.29 is 28.7 Å². The quantitative estimate of drug-likeness (QED) is 0.613. The number of likely N-dealkylation sites (tertiary alicyclic amines) is 1. The highest BCUT2D eigenvalue weighted by molar-refractivity contribution is 5.91. The molecule has 1 aliphatic rings. The molecular weight excluding hydrogens is 378 g/mol. The molecule has 0 aromatic heterocycles. The van der Waals surface area contributed by atoms with Crippen LogP contribution in [0.5, 0.6) is 0 Å². The maximum absolute atomic E-state index is 13.0. The Bertz CT molecular complexity index is 610. The molecule has 0 aliphatic carbocycles. The lowest BCUT2D eigenvalue weighted by molar-refractivity contribution is -0.151. The number of methoxy groups -OCH3 is 1. The number of rotatable bonds is 7. The zero-order valence-corrected chi connectivity index (χ0v) is 18.4. The molecule has 1 atom stereocenters. The highest BCUT2D eigenvalue weighted by Crippen LogP contribution is 2.42. The Hall–Kier alpha value is -2.32. The van der Waals surface area contributed by atoms with Crippen LogP contribution in [0.3, 0.4) is 0 Å². The van der Waals surface area contributed by atoms with E-state index < -0.39 is 23.7 Å². The van der Waals surface area contributed by atoms with Crippen LogP contribution < -0.4 is 10.6 Å². The van der Waals surface area contributed by atoms with Crippen molar-refractivity contribution in [2.24, 2.45) is 5.41 Å². The Morgan fingerprint density at radius 1 is 1.07 bits per heavy atom. The van der Waals surface area contributed by atoms with Crippen LogP contribution in [0, 0.1) is 5.41 Å². The second-order valence-electron chi connectivity index (χ2n) is 8.31. The molecule has 166 valence electrons. The topological polar surface area (TPSA) is 114 Å². The lowest BCUT2D eigenvalue weighted by Crippen LogP contribution is -2.62. The van der Waals surface area contributed by atoms with Gasteiger partial charge in [-0.3, -0.25) is 14.4 Å². The number of nitrogens with zero attached hydrogens (tertiary/aromatic N) is 1. The van der Waals surface area contributed by atoms with Gasteiger partial charge in [0.25, 0.3) is 0 Å². The number of esters is 1. The number of alkyl carbamates (subject to hydrolysis) is 1. The fraction of sp³-hybridized carbons (Fsp3) is 0.800. The molecule has 9 nitrogen and oxygen atoms in total. The molecule has 29 heavy (non-hydrogen) atoms. The minimum absolute atomic E-state index is 0.256. The Kier molecular flexibility index (Phi) is 8.91. The van der Waals surface area contributed by atoms with Gasteiger partial charge in [0, 0.05) is 6.54 Å². The van der Waals surface area contributed by atoms with Crippen LogP contribution in [0.15, 0.2) is 0 Å². The Morgan fingerprint density at radius 3 is 2.21 bits per heavy atom. The van der Waals surface area contributed by atoms with Gasteiger partial charge in [0.2, 0.25) is 11.8 Å². The summed E-state index contributed by atoms with van der Waals surface area (Å²) in [5.74, 6) is -1.30. The molecule has 0 aromatic rings. The fourth-order valence-corrected chi connectivity index (χ4v) is 3.77. The second-order valence-corrected chi connectivity index (χ2v) is 8.31. The van der Waals surface area contributed by atoms with Gasteiger partial charge in [-0.2, -0.15) is 0 Å². The number of piperidine rings is 1. The van der Waals surface area contributed by atoms with Crippen LogP contribution in [0.1, 0.15) is 60.3 Å². The van der Waals surface area contributed by atoms with E-state index in [2.05, 4.69) is 15.4 Å². The van der Waals surface area contributed by atoms with Crippen molar-refractivity contribution >= 4 is 23.9 Å². The third-order valence-electron chi connectivity index (χ3n) is 5.36. The molecule has 1 aliphatic heterocycles. The predicted molar refractivity (Wildman–Crippen MR) is 107 cm³/mol. The van der Waals surface area contributed by atoms with Crippen LogP contribution in [-0.2, 0) is 23.9 Å². The third kappa shape index (κ3) is 6.90. The number of hydrogen-bond acceptors (Lipinski definition) is 6. The average molecular weight is 414 g/mol. The zero-order valence-electron chi connectivity index (χ0n) is 18.4. The van der Waals surface area contributed by atoms with Gasteiger partial charge in [-0.25, -0.2) is 4.79 Å². The summed E-state index contributed by atoms with van der Waals surface area (Å²) >= 11 is 0. The Balaban J connectivity index is 2.95. The van der Waals surface area contributed by atoms with E-state index in [4.69, 9.17) is 4.74 Å². The number of nitrogens with one attached hydrogen (secondary N) is 2. The summed E-state index contributed by atoms with van der Waals surface area (Å²) in [6.07, 6.45) is 2.30. The Labute approximate surface area is 172 Å². The van der Waals surface area contributed by atoms with E-state index >= 15 is 0 Å². The third-order valence-corrected chi connectivity index (χ3v) is 5.36. The van der Waals surface area contributed by atoms with Gasteiger partial charge < -0.3 is 25.0 Å². The van der Waals surface area contributed by atoms with E-state index in [0.717, 1.165) is 12.8 Å². The van der Waals surface area contributed by atoms with Gasteiger partial charge in [0.1, 0.15) is 24.7 Å². The van der Waals surface area contributed by atoms with Gasteiger partial charge >= 0.3 is 12.1 Å². The average Bonchev–Trinajstić information content (AvgIpc) is 2.67. The molecule has 1 heterocycles. The van der Waals surface area contributed by atoms with Crippen LogP contribution in [0.4, 0.5) is 4.79 Å². The van der Waals surface area contributed by atoms with Gasteiger partial charge in [-0.15, -0.1) is 0 Å². The van der Waals surface area contributed by atoms with E-state index in [-0.39, 0.29) is 30.3 Å². The van der Waals surface area contributed by atoms with Crippen molar-refractivity contribution in [2.45, 2.75) is 71.9 Å². The van der Waals surface area contributed by atoms with Crippen LogP contribution in [0.2, 0.25) is 0 Å². The van der Waals surface area contributed by atoms with Crippen molar-refractivity contribution in [3.8, 4) is 0 Å². The van der Waals surface area contributed by atoms with Crippen LogP contribution in [0.25, 0.3) is 0 Å². The molecule has 0 aromatic carbocycles. The second kappa shape index (κ2) is 10.5. The first-order valence-corrected chi connectivity index (χ1v) is 10.1. The van der Waals surface area contributed by atoms with Gasteiger partial charge in [-0.1, -0.05) is 13.8 Å². The summed E-state index contributed by atoms with van der Waals surface area (Å²) < 4.78 is 9.73. The first kappa shape index (κ1) is 24.7. The normalized spacial score (nSPS) is 18.6. The molecule has 2 N–H and O–H groups in total. The van der Waals surface area contributed by atoms with E-state index in [1.54, 1.807) is 20.8 Å². The number of hydrogen-bond donors (Lipinski definition) is 2. The standard InChI is InChI=1S/C20H35N3O6/c1-7-20(8-2)10-9-11-23(16(20)17(26)21-13-15(25)28-6)14(24)12-22-18(27)29-19(3,4)5/h16H,7-13H2,1-6H3,(H,21,26)(H,22,27)/t16-/m1/s1. The molecule has 0 spiro atoms. The lowest BCUT2D eigenvalue weighted by Gasteiger charge is -2.48. The zero-order chi connectivity index (χ0) is 22.2. The van der Waals surface area contributed by atoms with Gasteiger partial charge in [0.05, 0.1) is 7.11 Å². The maximum atomic E-state index is 13.0. The van der Waals surface area contributed by atoms with Crippen molar-refractivity contribution in [1.29, 1.82) is 0 Å². The smallest absolute Gasteiger partial charge is 0.408 e. The molecule has 0 bridgehead atoms. The molecule has 3 amide bonds. The molecule has 0 radical (unpaired) electrons. The summed E-state index contributed by atoms with van der Waals surface area (Å²) in [4.78, 5) is 50.7. The minimum atomic E-state index is -0.719. The van der Waals surface area contributed by atoms with E-state index in [1.165, 1.54) is 12.0 Å². The van der Waals surface area contributed by atoms with E-state index in [0.29, 0.717) is 19.4 Å². The highest BCUT2D eigenvalue weighted by atomic mass is 16.6. The predicted octanol–water partition coefficient (Wildman–Crippen LogP) is 1.60. The number of carbonyl (C=O) groups excluding carboxylic acids is 4. The molecule has 0 unspecified atom stereocenters. The van der Waals surface area contributed by atoms with Gasteiger partial charge in [0.15, 0.2) is 0 Å². The summed E-state index contributed by atoms with van der Waals surface area (Å²) in [6.45, 7) is 9.08. The molecule has 1 saturated heterocycles. The Morgan fingerprint density at radius 2 is 1.69 bits per heavy atom. The number of ether oxygens (including phenoxy) is 2. The number of amides is 3. The summed E-state index contributed by atoms with van der Waals surface area (Å²) in [7, 11) is 1.25. The molecular formula is C20H35N3O6. The van der Waals surface area contributed by atoms with E-state index in [1.807, 2.05) is 13.8 Å². The van der Waals surface area contributed by atoms with Crippen molar-refractivity contribution in [3.63, 3.8) is 0 Å².